The number of rotatable bonds is 9. The molecule has 2 bridgehead atoms. The van der Waals surface area contributed by atoms with E-state index in [9.17, 15) is 9.59 Å². The summed E-state index contributed by atoms with van der Waals surface area (Å²) in [7, 11) is -2.44. The highest BCUT2D eigenvalue weighted by atomic mass is 16.5. The molecule has 3 unspecified atom stereocenters. The lowest BCUT2D eigenvalue weighted by molar-refractivity contribution is -0.158. The van der Waals surface area contributed by atoms with Gasteiger partial charge in [0, 0.05) is 31.5 Å². The Balaban J connectivity index is 1.63. The predicted octanol–water partition coefficient (Wildman–Crippen LogP) is 2.38. The normalized spacial score (nSPS) is 32.8. The molecule has 1 saturated carbocycles. The van der Waals surface area contributed by atoms with E-state index in [-0.39, 0.29) is 35.7 Å². The summed E-state index contributed by atoms with van der Waals surface area (Å²) in [6.07, 6.45) is 5.70. The van der Waals surface area contributed by atoms with Crippen molar-refractivity contribution in [2.75, 3.05) is 39.9 Å². The smallest absolute Gasteiger partial charge is 0.247 e. The van der Waals surface area contributed by atoms with Crippen LogP contribution in [0.4, 0.5) is 0 Å². The molecule has 1 aliphatic carbocycles. The quantitative estimate of drug-likeness (QED) is 0.611. The van der Waals surface area contributed by atoms with Gasteiger partial charge >= 0.3 is 0 Å². The predicted molar refractivity (Wildman–Crippen MR) is 114 cm³/mol. The zero-order valence-corrected chi connectivity index (χ0v) is 18.7. The summed E-state index contributed by atoms with van der Waals surface area (Å²) >= 11 is 0. The van der Waals surface area contributed by atoms with Crippen molar-refractivity contribution in [3.05, 3.63) is 0 Å². The number of likely N-dealkylation sites (tertiary alicyclic amines) is 1. The van der Waals surface area contributed by atoms with Crippen molar-refractivity contribution in [3.8, 4) is 0 Å². The molecule has 3 saturated heterocycles. The van der Waals surface area contributed by atoms with Gasteiger partial charge in [-0.3, -0.25) is 9.59 Å². The molecule has 30 heavy (non-hydrogen) atoms. The van der Waals surface area contributed by atoms with Crippen LogP contribution in [0.5, 0.6) is 0 Å². The molecule has 4 fully saturated rings. The van der Waals surface area contributed by atoms with Gasteiger partial charge in [-0.15, -0.1) is 0 Å². The van der Waals surface area contributed by atoms with E-state index in [1.54, 1.807) is 18.7 Å². The highest BCUT2D eigenvalue weighted by molar-refractivity contribution is 5.88. The van der Waals surface area contributed by atoms with Gasteiger partial charge in [0.25, 0.3) is 0 Å². The minimum Gasteiger partial charge on any atom is -0.384 e. The molecule has 1 N–H and O–H groups in total. The first kappa shape index (κ1) is 19.5. The number of carbonyl (C=O) groups excluding carboxylic acids is 2. The van der Waals surface area contributed by atoms with Crippen LogP contribution >= 0.6 is 0 Å². The van der Waals surface area contributed by atoms with Crippen molar-refractivity contribution in [1.82, 2.24) is 10.2 Å². The van der Waals surface area contributed by atoms with Crippen LogP contribution in [-0.4, -0.2) is 74.9 Å². The minimum absolute atomic E-state index is 0.00149. The maximum Gasteiger partial charge on any atom is 0.247 e. The molecule has 3 heterocycles. The summed E-state index contributed by atoms with van der Waals surface area (Å²) in [4.78, 5) is 27.7. The Morgan fingerprint density at radius 1 is 1.27 bits per heavy atom. The molecular weight excluding hydrogens is 384 g/mol. The maximum atomic E-state index is 13.5. The number of hydrogen-bond acceptors (Lipinski definition) is 5. The van der Waals surface area contributed by atoms with E-state index in [0.717, 1.165) is 38.5 Å². The summed E-state index contributed by atoms with van der Waals surface area (Å²) in [6.45, 7) is 7.70. The number of carbonyl (C=O) groups is 2. The third-order valence-electron chi connectivity index (χ3n) is 6.98. The first-order chi connectivity index (χ1) is 15.5. The third kappa shape index (κ3) is 5.74. The van der Waals surface area contributed by atoms with E-state index in [1.807, 2.05) is 6.92 Å². The SMILES string of the molecule is [2H]C([2H])([2H])OCC1CCCN(C(=O)C(NC(=O)C(C)C)C(C)OCC23CCC(CC2)OC3)C1. The molecule has 7 heteroatoms. The van der Waals surface area contributed by atoms with Crippen LogP contribution in [0.25, 0.3) is 0 Å². The van der Waals surface area contributed by atoms with E-state index < -0.39 is 19.2 Å². The van der Waals surface area contributed by atoms with Gasteiger partial charge in [-0.25, -0.2) is 0 Å². The van der Waals surface area contributed by atoms with Crippen LogP contribution in [0, 0.1) is 17.3 Å². The lowest BCUT2D eigenvalue weighted by Crippen LogP contribution is -2.57. The highest BCUT2D eigenvalue weighted by Gasteiger charge is 2.43. The van der Waals surface area contributed by atoms with E-state index in [2.05, 4.69) is 5.32 Å². The zero-order chi connectivity index (χ0) is 24.2. The lowest BCUT2D eigenvalue weighted by atomic mass is 9.72. The average molecular weight is 428 g/mol. The van der Waals surface area contributed by atoms with Crippen LogP contribution in [0.1, 0.15) is 63.4 Å². The summed E-state index contributed by atoms with van der Waals surface area (Å²) < 4.78 is 38.9. The van der Waals surface area contributed by atoms with Crippen molar-refractivity contribution >= 4 is 11.8 Å². The Kier molecular flexibility index (Phi) is 6.77. The van der Waals surface area contributed by atoms with Gasteiger partial charge in [0.1, 0.15) is 6.04 Å². The first-order valence-electron chi connectivity index (χ1n) is 12.9. The zero-order valence-electron chi connectivity index (χ0n) is 21.7. The highest BCUT2D eigenvalue weighted by Crippen LogP contribution is 2.43. The van der Waals surface area contributed by atoms with Gasteiger partial charge in [0.05, 0.1) is 36.1 Å². The number of hydrogen-bond donors (Lipinski definition) is 1. The third-order valence-corrected chi connectivity index (χ3v) is 6.98. The molecule has 0 radical (unpaired) electrons. The first-order valence-corrected chi connectivity index (χ1v) is 11.4. The van der Waals surface area contributed by atoms with Crippen molar-refractivity contribution in [2.45, 2.75) is 77.5 Å². The Labute approximate surface area is 185 Å². The number of ether oxygens (including phenoxy) is 3. The van der Waals surface area contributed by atoms with Gasteiger partial charge in [0.15, 0.2) is 0 Å². The maximum absolute atomic E-state index is 13.5. The van der Waals surface area contributed by atoms with Crippen molar-refractivity contribution in [2.24, 2.45) is 17.3 Å². The van der Waals surface area contributed by atoms with Crippen molar-refractivity contribution in [3.63, 3.8) is 0 Å². The summed E-state index contributed by atoms with van der Waals surface area (Å²) in [5, 5.41) is 2.90. The molecule has 7 nitrogen and oxygen atoms in total. The fourth-order valence-corrected chi connectivity index (χ4v) is 4.82. The summed E-state index contributed by atoms with van der Waals surface area (Å²) in [6, 6.07) is -0.792. The van der Waals surface area contributed by atoms with Crippen LogP contribution in [-0.2, 0) is 23.8 Å². The molecular formula is C23H40N2O5. The molecule has 3 aliphatic heterocycles. The lowest BCUT2D eigenvalue weighted by Gasteiger charge is -2.46. The average Bonchev–Trinajstić information content (AvgIpc) is 2.80. The van der Waals surface area contributed by atoms with E-state index in [1.165, 1.54) is 0 Å². The molecule has 172 valence electrons. The standard InChI is InChI=1S/C23H40N2O5/c1-16(2)21(26)24-20(22(27)25-11-5-6-18(12-25)13-28-4)17(3)29-14-23-9-7-19(8-10-23)30-15-23/h16-20H,5-15H2,1-4H3,(H,24,26)/i4D3. The fourth-order valence-electron chi connectivity index (χ4n) is 4.82. The van der Waals surface area contributed by atoms with Crippen LogP contribution in [0.3, 0.4) is 0 Å². The topological polar surface area (TPSA) is 77.1 Å². The molecule has 4 rings (SSSR count). The Morgan fingerprint density at radius 3 is 2.67 bits per heavy atom. The number of amides is 2. The van der Waals surface area contributed by atoms with Crippen molar-refractivity contribution < 1.29 is 27.9 Å². The molecule has 0 spiro atoms. The second-order valence-electron chi connectivity index (χ2n) is 9.77. The molecule has 2 amide bonds. The van der Waals surface area contributed by atoms with E-state index in [4.69, 9.17) is 18.3 Å². The number of fused-ring (bicyclic) bond motifs is 3. The van der Waals surface area contributed by atoms with Crippen LogP contribution in [0.15, 0.2) is 0 Å². The minimum atomic E-state index is -2.44. The second kappa shape index (κ2) is 10.4. The Morgan fingerprint density at radius 2 is 2.03 bits per heavy atom. The Hall–Kier alpha value is -1.18. The fraction of sp³-hybridized carbons (Fsp3) is 0.913. The number of nitrogens with one attached hydrogen (secondary N) is 1. The molecule has 3 atom stereocenters. The number of nitrogens with zero attached hydrogens (tertiary/aromatic N) is 1. The molecule has 0 aromatic rings. The number of piperidine rings is 1. The molecule has 4 aliphatic rings. The summed E-state index contributed by atoms with van der Waals surface area (Å²) in [5.74, 6) is -0.678. The van der Waals surface area contributed by atoms with Gasteiger partial charge < -0.3 is 24.4 Å². The second-order valence-corrected chi connectivity index (χ2v) is 9.77. The van der Waals surface area contributed by atoms with Crippen LogP contribution in [0.2, 0.25) is 0 Å². The molecule has 0 aromatic heterocycles. The van der Waals surface area contributed by atoms with E-state index >= 15 is 0 Å². The van der Waals surface area contributed by atoms with Crippen molar-refractivity contribution in [1.29, 1.82) is 0 Å². The molecule has 0 aromatic carbocycles. The van der Waals surface area contributed by atoms with Gasteiger partial charge in [-0.05, 0) is 51.4 Å². The largest absolute Gasteiger partial charge is 0.384 e. The number of methoxy groups -OCH3 is 1. The van der Waals surface area contributed by atoms with E-state index in [0.29, 0.717) is 32.4 Å². The van der Waals surface area contributed by atoms with Gasteiger partial charge in [0.2, 0.25) is 11.8 Å². The van der Waals surface area contributed by atoms with Gasteiger partial charge in [-0.2, -0.15) is 0 Å². The monoisotopic (exact) mass is 427 g/mol. The van der Waals surface area contributed by atoms with Crippen LogP contribution < -0.4 is 5.32 Å². The van der Waals surface area contributed by atoms with Gasteiger partial charge in [-0.1, -0.05) is 13.8 Å². The Bertz CT molecular complexity index is 666. The summed E-state index contributed by atoms with van der Waals surface area (Å²) in [5.41, 5.74) is 0.00149.